The number of amides is 1. The van der Waals surface area contributed by atoms with Crippen LogP contribution in [0.15, 0.2) is 95.8 Å². The lowest BCUT2D eigenvalue weighted by molar-refractivity contribution is -0.242. The van der Waals surface area contributed by atoms with E-state index in [2.05, 4.69) is 0 Å². The van der Waals surface area contributed by atoms with Gasteiger partial charge in [-0.15, -0.1) is 0 Å². The van der Waals surface area contributed by atoms with Gasteiger partial charge in [0.25, 0.3) is 5.56 Å². The third kappa shape index (κ3) is 7.26. The molecule has 7 nitrogen and oxygen atoms in total. The van der Waals surface area contributed by atoms with Crippen molar-refractivity contribution in [2.45, 2.75) is 49.9 Å². The van der Waals surface area contributed by atoms with E-state index in [-0.39, 0.29) is 38.4 Å². The van der Waals surface area contributed by atoms with E-state index >= 15 is 0 Å². The van der Waals surface area contributed by atoms with Gasteiger partial charge in [0.2, 0.25) is 5.91 Å². The van der Waals surface area contributed by atoms with E-state index in [1.165, 1.54) is 98.0 Å². The fraction of sp³-hybridized carbons (Fsp3) is 0.308. The van der Waals surface area contributed by atoms with Crippen molar-refractivity contribution in [2.75, 3.05) is 13.1 Å². The van der Waals surface area contributed by atoms with E-state index in [0.29, 0.717) is 0 Å². The Labute approximate surface area is 307 Å². The first-order chi connectivity index (χ1) is 25.8. The summed E-state index contributed by atoms with van der Waals surface area (Å²) in [7, 11) is 1.32. The maximum atomic E-state index is 14.7. The highest BCUT2D eigenvalue weighted by Gasteiger charge is 2.62. The number of aryl methyl sites for hydroxylation is 1. The molecule has 2 N–H and O–H groups in total. The molecule has 55 heavy (non-hydrogen) atoms. The van der Waals surface area contributed by atoms with Crippen LogP contribution in [0, 0.1) is 5.41 Å². The van der Waals surface area contributed by atoms with Crippen molar-refractivity contribution < 1.29 is 54.2 Å². The van der Waals surface area contributed by atoms with Crippen LogP contribution in [0.4, 0.5) is 39.5 Å². The van der Waals surface area contributed by atoms with Crippen molar-refractivity contribution in [3.8, 4) is 11.1 Å². The van der Waals surface area contributed by atoms with Crippen LogP contribution in [0.25, 0.3) is 32.8 Å². The Morgan fingerprint density at radius 1 is 0.782 bits per heavy atom. The second kappa shape index (κ2) is 14.4. The van der Waals surface area contributed by atoms with Crippen LogP contribution in [0.1, 0.15) is 35.6 Å². The molecule has 1 aliphatic heterocycles. The van der Waals surface area contributed by atoms with E-state index in [9.17, 15) is 59.0 Å². The molecule has 4 aromatic carbocycles. The fourth-order valence-corrected chi connectivity index (χ4v) is 7.57. The molecule has 290 valence electrons. The summed E-state index contributed by atoms with van der Waals surface area (Å²) in [5, 5.41) is 12.1. The molecule has 0 bridgehead atoms. The molecule has 0 aliphatic carbocycles. The summed E-state index contributed by atoms with van der Waals surface area (Å²) in [6.45, 7) is -1.58. The summed E-state index contributed by atoms with van der Waals surface area (Å²) < 4.78 is 132. The van der Waals surface area contributed by atoms with Crippen molar-refractivity contribution in [2.24, 2.45) is 12.5 Å². The molecule has 2 heterocycles. The second-order valence-electron chi connectivity index (χ2n) is 13.5. The van der Waals surface area contributed by atoms with E-state index in [1.807, 2.05) is 5.32 Å². The van der Waals surface area contributed by atoms with Crippen molar-refractivity contribution in [3.63, 3.8) is 0 Å². The maximum Gasteiger partial charge on any atom is 0.417 e. The molecule has 1 aromatic heterocycles. The Morgan fingerprint density at radius 3 is 1.96 bits per heavy atom. The summed E-state index contributed by atoms with van der Waals surface area (Å²) in [5.41, 5.74) is -6.23. The highest BCUT2D eigenvalue weighted by molar-refractivity contribution is 6.02. The Balaban J connectivity index is 1.34. The number of carbonyl (C=O) groups is 2. The number of rotatable bonds is 8. The first kappa shape index (κ1) is 39.3. The number of piperidine rings is 1. The van der Waals surface area contributed by atoms with Gasteiger partial charge in [-0.3, -0.25) is 14.5 Å². The summed E-state index contributed by atoms with van der Waals surface area (Å²) in [5.74, 6) is -3.47. The van der Waals surface area contributed by atoms with Gasteiger partial charge >= 0.3 is 24.5 Å². The molecule has 0 saturated carbocycles. The number of carboxylic acids is 1. The van der Waals surface area contributed by atoms with Crippen LogP contribution in [-0.2, 0) is 29.2 Å². The number of nitrogens with one attached hydrogen (secondary N) is 1. The number of hydrogen-bond acceptors (Lipinski definition) is 4. The molecule has 0 spiro atoms. The number of fused-ring (bicyclic) bond motifs is 2. The van der Waals surface area contributed by atoms with Gasteiger partial charge in [0.15, 0.2) is 0 Å². The minimum Gasteiger partial charge on any atom is -0.480 e. The number of para-hydroxylation sites is 1. The number of alkyl halides is 9. The van der Waals surface area contributed by atoms with Crippen molar-refractivity contribution in [3.05, 3.63) is 118 Å². The highest BCUT2D eigenvalue weighted by atomic mass is 19.4. The lowest BCUT2D eigenvalue weighted by Gasteiger charge is -2.44. The molecule has 1 amide bonds. The molecular weight excluding hydrogens is 745 g/mol. The van der Waals surface area contributed by atoms with Crippen LogP contribution in [0.5, 0.6) is 0 Å². The van der Waals surface area contributed by atoms with Gasteiger partial charge in [-0.1, -0.05) is 84.9 Å². The fourth-order valence-electron chi connectivity index (χ4n) is 7.57. The smallest absolute Gasteiger partial charge is 0.417 e. The van der Waals surface area contributed by atoms with Gasteiger partial charge in [-0.05, 0) is 46.4 Å². The average Bonchev–Trinajstić information content (AvgIpc) is 3.12. The Bertz CT molecular complexity index is 2310. The van der Waals surface area contributed by atoms with Crippen LogP contribution >= 0.6 is 0 Å². The van der Waals surface area contributed by atoms with E-state index in [1.54, 1.807) is 0 Å². The summed E-state index contributed by atoms with van der Waals surface area (Å²) in [6, 6.07) is 16.1. The van der Waals surface area contributed by atoms with Crippen molar-refractivity contribution >= 4 is 33.6 Å². The number of halogens is 9. The van der Waals surface area contributed by atoms with E-state index in [0.717, 1.165) is 9.47 Å². The summed E-state index contributed by atoms with van der Waals surface area (Å²) >= 11 is 0. The zero-order valence-corrected chi connectivity index (χ0v) is 28.8. The maximum absolute atomic E-state index is 14.7. The van der Waals surface area contributed by atoms with Crippen molar-refractivity contribution in [1.29, 1.82) is 0 Å². The van der Waals surface area contributed by atoms with Gasteiger partial charge < -0.3 is 15.0 Å². The number of benzene rings is 4. The third-order valence-corrected chi connectivity index (χ3v) is 10.3. The SMILES string of the molecule is Cn1c(=O)c(-c2cccc3c(C[C@H](NC(=O)C4(C(F)(F)F)CCN(C(c5ccccc5)C(F)(F)F)CC4)C(=O)O)cccc23)c(C(F)(F)F)c2ccccc21. The minimum absolute atomic E-state index is 0.0307. The lowest BCUT2D eigenvalue weighted by Crippen LogP contribution is -2.59. The number of nitrogens with zero attached hydrogens (tertiary/aromatic N) is 2. The summed E-state index contributed by atoms with van der Waals surface area (Å²) in [6.07, 6.45) is -17.9. The van der Waals surface area contributed by atoms with Crippen LogP contribution in [0.3, 0.4) is 0 Å². The predicted octanol–water partition coefficient (Wildman–Crippen LogP) is 8.44. The molecule has 1 unspecified atom stereocenters. The number of pyridine rings is 1. The van der Waals surface area contributed by atoms with Gasteiger partial charge in [0.1, 0.15) is 17.5 Å². The first-order valence-electron chi connectivity index (χ1n) is 16.9. The van der Waals surface area contributed by atoms with Gasteiger partial charge in [-0.2, -0.15) is 39.5 Å². The van der Waals surface area contributed by atoms with E-state index in [4.69, 9.17) is 0 Å². The molecule has 16 heteroatoms. The third-order valence-electron chi connectivity index (χ3n) is 10.3. The molecule has 0 radical (unpaired) electrons. The highest BCUT2D eigenvalue weighted by Crippen LogP contribution is 2.50. The standard InChI is InChI=1S/C39H32F9N3O4/c1-50-29-16-6-5-12-27(29)31(37(40,41)42)30(33(50)52)26-15-8-13-24-23(11-7-14-25(24)26)21-28(34(53)54)49-35(55)36(39(46,47)48)17-19-51(20-18-36)32(38(43,44)45)22-9-3-2-4-10-22/h2-16,28,32H,17-21H2,1H3,(H,49,55)(H,53,54)/t28-,32?/m0/s1. The average molecular weight is 778 g/mol. The number of likely N-dealkylation sites (tertiary alicyclic amines) is 1. The molecular formula is C39H32F9N3O4. The molecule has 6 rings (SSSR count). The number of hydrogen-bond donors (Lipinski definition) is 2. The van der Waals surface area contributed by atoms with Crippen LogP contribution in [-0.4, -0.2) is 57.9 Å². The van der Waals surface area contributed by atoms with Gasteiger partial charge in [0.05, 0.1) is 16.6 Å². The minimum atomic E-state index is -5.27. The zero-order valence-electron chi connectivity index (χ0n) is 28.8. The van der Waals surface area contributed by atoms with E-state index < -0.39 is 96.9 Å². The number of carbonyl (C=O) groups excluding carboxylic acids is 1. The number of aliphatic carboxylic acids is 1. The largest absolute Gasteiger partial charge is 0.480 e. The van der Waals surface area contributed by atoms with Crippen molar-refractivity contribution in [1.82, 2.24) is 14.8 Å². The quantitative estimate of drug-likeness (QED) is 0.155. The molecule has 1 fully saturated rings. The lowest BCUT2D eigenvalue weighted by atomic mass is 9.75. The second-order valence-corrected chi connectivity index (χ2v) is 13.5. The molecule has 2 atom stereocenters. The first-order valence-corrected chi connectivity index (χ1v) is 16.9. The summed E-state index contributed by atoms with van der Waals surface area (Å²) in [4.78, 5) is 40.4. The monoisotopic (exact) mass is 777 g/mol. The van der Waals surface area contributed by atoms with Gasteiger partial charge in [0, 0.05) is 31.9 Å². The molecule has 1 aliphatic rings. The Morgan fingerprint density at radius 2 is 1.36 bits per heavy atom. The normalized spacial score (nSPS) is 16.5. The molecule has 1 saturated heterocycles. The van der Waals surface area contributed by atoms with Gasteiger partial charge in [-0.25, -0.2) is 4.79 Å². The number of aromatic nitrogens is 1. The topological polar surface area (TPSA) is 91.6 Å². The number of carboxylic acid groups (broad SMARTS) is 1. The van der Waals surface area contributed by atoms with Crippen LogP contribution < -0.4 is 10.9 Å². The Hall–Kier alpha value is -5.38. The predicted molar refractivity (Wildman–Crippen MR) is 185 cm³/mol. The zero-order chi connectivity index (χ0) is 40.1. The Kier molecular flexibility index (Phi) is 10.3. The van der Waals surface area contributed by atoms with Crippen LogP contribution in [0.2, 0.25) is 0 Å². The molecule has 5 aromatic rings.